The molecule has 0 aliphatic carbocycles. The molecule has 19 heavy (non-hydrogen) atoms. The van der Waals surface area contributed by atoms with Crippen LogP contribution in [0.3, 0.4) is 0 Å². The molecule has 0 aromatic rings. The fourth-order valence-electron chi connectivity index (χ4n) is 2.15. The van der Waals surface area contributed by atoms with E-state index in [0.29, 0.717) is 5.92 Å². The van der Waals surface area contributed by atoms with Gasteiger partial charge < -0.3 is 15.5 Å². The lowest BCUT2D eigenvalue weighted by molar-refractivity contribution is 0.294. The smallest absolute Gasteiger partial charge is 0.139 e. The van der Waals surface area contributed by atoms with E-state index in [1.807, 2.05) is 0 Å². The molecule has 1 unspecified atom stereocenters. The predicted molar refractivity (Wildman–Crippen MR) is 80.8 cm³/mol. The summed E-state index contributed by atoms with van der Waals surface area (Å²) in [6.45, 7) is 12.5. The molecule has 0 spiro atoms. The molecule has 0 saturated carbocycles. The van der Waals surface area contributed by atoms with Gasteiger partial charge in [-0.1, -0.05) is 39.0 Å². The van der Waals surface area contributed by atoms with Crippen molar-refractivity contribution >= 4 is 6.34 Å². The van der Waals surface area contributed by atoms with Crippen LogP contribution in [0.25, 0.3) is 0 Å². The minimum Gasteiger partial charge on any atom is -0.353 e. The number of rotatable bonds is 4. The summed E-state index contributed by atoms with van der Waals surface area (Å²) in [5, 5.41) is 6.47. The van der Waals surface area contributed by atoms with Crippen molar-refractivity contribution in [1.29, 1.82) is 0 Å². The zero-order valence-electron chi connectivity index (χ0n) is 11.9. The fourth-order valence-corrected chi connectivity index (χ4v) is 2.15. The van der Waals surface area contributed by atoms with E-state index in [2.05, 4.69) is 53.1 Å². The summed E-state index contributed by atoms with van der Waals surface area (Å²) >= 11 is 0. The molecule has 2 N–H and O–H groups in total. The Balaban J connectivity index is 2.23. The monoisotopic (exact) mass is 260 g/mol. The molecule has 2 heterocycles. The normalized spacial score (nSPS) is 22.0. The van der Waals surface area contributed by atoms with Crippen LogP contribution in [-0.4, -0.2) is 37.4 Å². The van der Waals surface area contributed by atoms with Crippen LogP contribution >= 0.6 is 0 Å². The molecular weight excluding hydrogens is 236 g/mol. The Labute approximate surface area is 116 Å². The maximum atomic E-state index is 4.52. The van der Waals surface area contributed by atoms with Crippen molar-refractivity contribution in [2.24, 2.45) is 10.9 Å². The first-order chi connectivity index (χ1) is 9.22. The molecule has 0 amide bonds. The molecule has 4 heteroatoms. The molecule has 0 bridgehead atoms. The van der Waals surface area contributed by atoms with Crippen LogP contribution in [0, 0.1) is 5.92 Å². The first-order valence-electron chi connectivity index (χ1n) is 7.09. The van der Waals surface area contributed by atoms with Gasteiger partial charge in [-0.2, -0.15) is 0 Å². The molecule has 1 atom stereocenters. The molecule has 0 radical (unpaired) electrons. The lowest BCUT2D eigenvalue weighted by Crippen LogP contribution is -2.43. The molecule has 2 aliphatic rings. The third-order valence-corrected chi connectivity index (χ3v) is 3.64. The average molecular weight is 260 g/mol. The van der Waals surface area contributed by atoms with Gasteiger partial charge in [-0.25, -0.2) is 4.99 Å². The van der Waals surface area contributed by atoms with Crippen LogP contribution in [-0.2, 0) is 0 Å². The summed E-state index contributed by atoms with van der Waals surface area (Å²) in [6, 6.07) is 0. The first kappa shape index (κ1) is 13.9. The number of hydrogen-bond donors (Lipinski definition) is 2. The van der Waals surface area contributed by atoms with E-state index in [4.69, 9.17) is 0 Å². The fraction of sp³-hybridized carbons (Fsp3) is 0.533. The van der Waals surface area contributed by atoms with Crippen molar-refractivity contribution < 1.29 is 0 Å². The van der Waals surface area contributed by atoms with Crippen LogP contribution in [0.1, 0.15) is 20.3 Å². The summed E-state index contributed by atoms with van der Waals surface area (Å²) < 4.78 is 0. The molecular formula is C15H24N4. The second kappa shape index (κ2) is 6.57. The minimum atomic E-state index is 0.579. The maximum Gasteiger partial charge on any atom is 0.139 e. The largest absolute Gasteiger partial charge is 0.353 e. The third kappa shape index (κ3) is 3.47. The zero-order valence-corrected chi connectivity index (χ0v) is 11.9. The Morgan fingerprint density at radius 2 is 2.21 bits per heavy atom. The summed E-state index contributed by atoms with van der Waals surface area (Å²) in [6.07, 6.45) is 7.29. The van der Waals surface area contributed by atoms with Gasteiger partial charge in [-0.3, -0.25) is 0 Å². The molecule has 104 valence electrons. The van der Waals surface area contributed by atoms with Crippen molar-refractivity contribution in [2.45, 2.75) is 20.3 Å². The average Bonchev–Trinajstić information content (AvgIpc) is 2.46. The highest BCUT2D eigenvalue weighted by Gasteiger charge is 2.19. The van der Waals surface area contributed by atoms with E-state index >= 15 is 0 Å². The quantitative estimate of drug-likeness (QED) is 0.810. The van der Waals surface area contributed by atoms with Gasteiger partial charge in [0.1, 0.15) is 5.82 Å². The summed E-state index contributed by atoms with van der Waals surface area (Å²) in [4.78, 5) is 6.85. The minimum absolute atomic E-state index is 0.579. The standard InChI is InChI=1S/C15H24N4/c1-4-12(2)5-6-14-13(3)17-11-18-15(14)19-9-7-16-8-10-19/h5-6,11-12,16H,3-4,7-10H2,1-2H3,(H,17,18)/b6-5-. The van der Waals surface area contributed by atoms with Crippen molar-refractivity contribution in [1.82, 2.24) is 15.5 Å². The topological polar surface area (TPSA) is 39.7 Å². The van der Waals surface area contributed by atoms with Crippen molar-refractivity contribution in [2.75, 3.05) is 26.2 Å². The second-order valence-corrected chi connectivity index (χ2v) is 5.10. The van der Waals surface area contributed by atoms with Gasteiger partial charge in [-0.15, -0.1) is 0 Å². The highest BCUT2D eigenvalue weighted by molar-refractivity contribution is 5.66. The highest BCUT2D eigenvalue weighted by Crippen LogP contribution is 2.22. The Morgan fingerprint density at radius 3 is 2.89 bits per heavy atom. The van der Waals surface area contributed by atoms with Crippen LogP contribution in [0.5, 0.6) is 0 Å². The van der Waals surface area contributed by atoms with Gasteiger partial charge >= 0.3 is 0 Å². The van der Waals surface area contributed by atoms with Gasteiger partial charge in [0.2, 0.25) is 0 Å². The van der Waals surface area contributed by atoms with Crippen LogP contribution in [0.15, 0.2) is 40.8 Å². The van der Waals surface area contributed by atoms with E-state index in [9.17, 15) is 0 Å². The van der Waals surface area contributed by atoms with Gasteiger partial charge in [0, 0.05) is 37.4 Å². The molecule has 0 aromatic carbocycles. The molecule has 2 aliphatic heterocycles. The zero-order chi connectivity index (χ0) is 13.7. The summed E-state index contributed by atoms with van der Waals surface area (Å²) in [5.41, 5.74) is 2.05. The maximum absolute atomic E-state index is 4.52. The SMILES string of the molecule is C=C1NC=NC(N2CCNCC2)=C1/C=C\C(C)CC. The molecule has 4 nitrogen and oxygen atoms in total. The Morgan fingerprint density at radius 1 is 1.47 bits per heavy atom. The number of hydrogen-bond acceptors (Lipinski definition) is 4. The molecule has 1 saturated heterocycles. The van der Waals surface area contributed by atoms with Crippen LogP contribution < -0.4 is 10.6 Å². The van der Waals surface area contributed by atoms with E-state index < -0.39 is 0 Å². The Kier molecular flexibility index (Phi) is 4.80. The molecule has 0 aromatic heterocycles. The van der Waals surface area contributed by atoms with Gasteiger partial charge in [0.05, 0.1) is 6.34 Å². The van der Waals surface area contributed by atoms with E-state index in [-0.39, 0.29) is 0 Å². The lowest BCUT2D eigenvalue weighted by atomic mass is 10.1. The number of nitrogens with zero attached hydrogens (tertiary/aromatic N) is 2. The number of aliphatic imine (C=N–C) groups is 1. The lowest BCUT2D eigenvalue weighted by Gasteiger charge is -2.32. The van der Waals surface area contributed by atoms with Crippen LogP contribution in [0.4, 0.5) is 0 Å². The van der Waals surface area contributed by atoms with Crippen molar-refractivity contribution in [3.8, 4) is 0 Å². The van der Waals surface area contributed by atoms with Gasteiger partial charge in [0.25, 0.3) is 0 Å². The van der Waals surface area contributed by atoms with Crippen molar-refractivity contribution in [3.63, 3.8) is 0 Å². The molecule has 1 fully saturated rings. The Bertz CT molecular complexity index is 414. The van der Waals surface area contributed by atoms with Crippen molar-refractivity contribution in [3.05, 3.63) is 35.8 Å². The molecule has 2 rings (SSSR count). The first-order valence-corrected chi connectivity index (χ1v) is 7.09. The second-order valence-electron chi connectivity index (χ2n) is 5.10. The van der Waals surface area contributed by atoms with E-state index in [0.717, 1.165) is 49.7 Å². The predicted octanol–water partition coefficient (Wildman–Crippen LogP) is 1.85. The Hall–Kier alpha value is -1.55. The number of nitrogens with one attached hydrogen (secondary N) is 2. The number of piperazine rings is 1. The van der Waals surface area contributed by atoms with Gasteiger partial charge in [0.15, 0.2) is 0 Å². The summed E-state index contributed by atoms with van der Waals surface area (Å²) in [7, 11) is 0. The number of allylic oxidation sites excluding steroid dienone is 2. The highest BCUT2D eigenvalue weighted by atomic mass is 15.3. The summed E-state index contributed by atoms with van der Waals surface area (Å²) in [5.74, 6) is 1.63. The third-order valence-electron chi connectivity index (χ3n) is 3.64. The van der Waals surface area contributed by atoms with E-state index in [1.54, 1.807) is 6.34 Å². The van der Waals surface area contributed by atoms with Crippen LogP contribution in [0.2, 0.25) is 0 Å². The van der Waals surface area contributed by atoms with E-state index in [1.165, 1.54) is 0 Å². The van der Waals surface area contributed by atoms with Gasteiger partial charge in [-0.05, 0) is 5.92 Å².